The molecule has 1 heterocycles. The van der Waals surface area contributed by atoms with Crippen LogP contribution in [0.4, 0.5) is 5.69 Å². The molecule has 1 aliphatic rings. The zero-order chi connectivity index (χ0) is 13.1. The van der Waals surface area contributed by atoms with E-state index in [2.05, 4.69) is 10.2 Å². The van der Waals surface area contributed by atoms with Crippen LogP contribution in [-0.2, 0) is 4.79 Å². The summed E-state index contributed by atoms with van der Waals surface area (Å²) >= 11 is 0. The van der Waals surface area contributed by atoms with Crippen LogP contribution < -0.4 is 11.1 Å². The van der Waals surface area contributed by atoms with Gasteiger partial charge in [0.1, 0.15) is 0 Å². The highest BCUT2D eigenvalue weighted by atomic mass is 16.2. The van der Waals surface area contributed by atoms with Gasteiger partial charge in [-0.1, -0.05) is 18.2 Å². The van der Waals surface area contributed by atoms with Crippen LogP contribution in [0.3, 0.4) is 0 Å². The molecule has 0 aromatic heterocycles. The number of anilines is 1. The summed E-state index contributed by atoms with van der Waals surface area (Å²) in [5, 5.41) is 3.00. The second kappa shape index (κ2) is 5.50. The summed E-state index contributed by atoms with van der Waals surface area (Å²) in [5.41, 5.74) is 8.96. The first kappa shape index (κ1) is 13.1. The molecule has 18 heavy (non-hydrogen) atoms. The number of rotatable bonds is 3. The molecule has 4 heteroatoms. The molecular formula is C14H21N3O. The van der Waals surface area contributed by atoms with E-state index in [0.29, 0.717) is 6.54 Å². The number of para-hydroxylation sites is 1. The third-order valence-corrected chi connectivity index (χ3v) is 3.42. The molecule has 98 valence electrons. The number of nitrogens with two attached hydrogens (primary N) is 1. The van der Waals surface area contributed by atoms with Crippen LogP contribution in [0.1, 0.15) is 17.5 Å². The van der Waals surface area contributed by atoms with E-state index in [1.54, 1.807) is 0 Å². The third kappa shape index (κ3) is 3.09. The van der Waals surface area contributed by atoms with Gasteiger partial charge >= 0.3 is 0 Å². The number of hydrogen-bond donors (Lipinski definition) is 2. The Labute approximate surface area is 108 Å². The minimum absolute atomic E-state index is 0.0431. The maximum absolute atomic E-state index is 12.0. The van der Waals surface area contributed by atoms with Crippen LogP contribution in [0.2, 0.25) is 0 Å². The molecule has 0 saturated carbocycles. The molecule has 1 atom stereocenters. The molecule has 0 unspecified atom stereocenters. The molecule has 0 aliphatic carbocycles. The molecule has 1 fully saturated rings. The highest BCUT2D eigenvalue weighted by molar-refractivity contribution is 5.93. The van der Waals surface area contributed by atoms with Crippen molar-refractivity contribution in [2.24, 2.45) is 5.73 Å². The lowest BCUT2D eigenvalue weighted by atomic mass is 10.1. The number of nitrogens with one attached hydrogen (secondary N) is 1. The van der Waals surface area contributed by atoms with Crippen molar-refractivity contribution in [3.63, 3.8) is 0 Å². The minimum Gasteiger partial charge on any atom is -0.326 e. The molecule has 1 aromatic rings. The summed E-state index contributed by atoms with van der Waals surface area (Å²) in [7, 11) is 0. The second-order valence-electron chi connectivity index (χ2n) is 5.10. The van der Waals surface area contributed by atoms with Crippen molar-refractivity contribution in [1.29, 1.82) is 0 Å². The first-order chi connectivity index (χ1) is 8.56. The lowest BCUT2D eigenvalue weighted by Gasteiger charge is -2.16. The number of nitrogens with zero attached hydrogens (tertiary/aromatic N) is 1. The average molecular weight is 247 g/mol. The van der Waals surface area contributed by atoms with Gasteiger partial charge in [0.2, 0.25) is 5.91 Å². The number of carbonyl (C=O) groups excluding carboxylic acids is 1. The van der Waals surface area contributed by atoms with E-state index in [1.807, 2.05) is 32.0 Å². The van der Waals surface area contributed by atoms with Gasteiger partial charge < -0.3 is 11.1 Å². The Bertz CT molecular complexity index is 424. The Morgan fingerprint density at radius 3 is 2.67 bits per heavy atom. The van der Waals surface area contributed by atoms with E-state index in [9.17, 15) is 4.79 Å². The quantitative estimate of drug-likeness (QED) is 0.846. The third-order valence-electron chi connectivity index (χ3n) is 3.42. The van der Waals surface area contributed by atoms with Gasteiger partial charge in [-0.3, -0.25) is 9.69 Å². The first-order valence-corrected chi connectivity index (χ1v) is 6.40. The van der Waals surface area contributed by atoms with Gasteiger partial charge in [0.25, 0.3) is 0 Å². The average Bonchev–Trinajstić information content (AvgIpc) is 2.69. The van der Waals surface area contributed by atoms with E-state index in [4.69, 9.17) is 5.73 Å². The maximum atomic E-state index is 12.0. The molecule has 3 N–H and O–H groups in total. The minimum atomic E-state index is 0.0431. The normalized spacial score (nSPS) is 20.1. The van der Waals surface area contributed by atoms with Gasteiger partial charge in [-0.25, -0.2) is 0 Å². The van der Waals surface area contributed by atoms with Crippen LogP contribution in [0.15, 0.2) is 18.2 Å². The van der Waals surface area contributed by atoms with E-state index in [1.165, 1.54) is 0 Å². The topological polar surface area (TPSA) is 58.4 Å². The van der Waals surface area contributed by atoms with Crippen LogP contribution in [0.25, 0.3) is 0 Å². The molecule has 2 rings (SSSR count). The number of benzene rings is 1. The Balaban J connectivity index is 1.95. The van der Waals surface area contributed by atoms with Crippen LogP contribution in [0.5, 0.6) is 0 Å². The number of carbonyl (C=O) groups is 1. The number of aryl methyl sites for hydroxylation is 2. The predicted octanol–water partition coefficient (Wildman–Crippen LogP) is 1.27. The van der Waals surface area contributed by atoms with Crippen molar-refractivity contribution in [2.75, 3.05) is 25.0 Å². The number of amides is 1. The molecule has 4 nitrogen and oxygen atoms in total. The summed E-state index contributed by atoms with van der Waals surface area (Å²) in [4.78, 5) is 14.1. The summed E-state index contributed by atoms with van der Waals surface area (Å²) in [5.74, 6) is 0.0431. The highest BCUT2D eigenvalue weighted by Gasteiger charge is 2.21. The zero-order valence-corrected chi connectivity index (χ0v) is 11.1. The Kier molecular flexibility index (Phi) is 3.99. The van der Waals surface area contributed by atoms with Gasteiger partial charge in [-0.05, 0) is 31.4 Å². The Hall–Kier alpha value is -1.39. The van der Waals surface area contributed by atoms with Gasteiger partial charge in [0.15, 0.2) is 0 Å². The summed E-state index contributed by atoms with van der Waals surface area (Å²) in [6, 6.07) is 6.24. The van der Waals surface area contributed by atoms with E-state index < -0.39 is 0 Å². The van der Waals surface area contributed by atoms with Crippen LogP contribution in [-0.4, -0.2) is 36.5 Å². The Morgan fingerprint density at radius 1 is 1.44 bits per heavy atom. The number of hydrogen-bond acceptors (Lipinski definition) is 3. The van der Waals surface area contributed by atoms with Crippen molar-refractivity contribution < 1.29 is 4.79 Å². The monoisotopic (exact) mass is 247 g/mol. The molecule has 0 radical (unpaired) electrons. The van der Waals surface area contributed by atoms with E-state index >= 15 is 0 Å². The fourth-order valence-electron chi connectivity index (χ4n) is 2.40. The number of likely N-dealkylation sites (tertiary alicyclic amines) is 1. The molecular weight excluding hydrogens is 226 g/mol. The molecule has 1 amide bonds. The summed E-state index contributed by atoms with van der Waals surface area (Å²) in [6.07, 6.45) is 0.983. The smallest absolute Gasteiger partial charge is 0.238 e. The molecule has 1 aliphatic heterocycles. The van der Waals surface area contributed by atoms with Gasteiger partial charge in [-0.15, -0.1) is 0 Å². The van der Waals surface area contributed by atoms with Gasteiger partial charge in [-0.2, -0.15) is 0 Å². The van der Waals surface area contributed by atoms with Crippen molar-refractivity contribution in [2.45, 2.75) is 26.3 Å². The largest absolute Gasteiger partial charge is 0.326 e. The van der Waals surface area contributed by atoms with Crippen LogP contribution >= 0.6 is 0 Å². The van der Waals surface area contributed by atoms with Gasteiger partial charge in [0, 0.05) is 24.8 Å². The highest BCUT2D eigenvalue weighted by Crippen LogP contribution is 2.19. The first-order valence-electron chi connectivity index (χ1n) is 6.40. The lowest BCUT2D eigenvalue weighted by Crippen LogP contribution is -2.33. The zero-order valence-electron chi connectivity index (χ0n) is 11.1. The standard InChI is InChI=1S/C14H21N3O/c1-10-4-3-5-11(2)14(10)16-13(18)9-17-7-6-12(15)8-17/h3-5,12H,6-9,15H2,1-2H3,(H,16,18)/t12-/m0/s1. The van der Waals surface area contributed by atoms with E-state index in [0.717, 1.165) is 36.3 Å². The fourth-order valence-corrected chi connectivity index (χ4v) is 2.40. The predicted molar refractivity (Wildman–Crippen MR) is 73.6 cm³/mol. The molecule has 1 saturated heterocycles. The fraction of sp³-hybridized carbons (Fsp3) is 0.500. The Morgan fingerprint density at radius 2 is 2.11 bits per heavy atom. The summed E-state index contributed by atoms with van der Waals surface area (Å²) < 4.78 is 0. The molecule has 1 aromatic carbocycles. The SMILES string of the molecule is Cc1cccc(C)c1NC(=O)CN1CC[C@H](N)C1. The summed E-state index contributed by atoms with van der Waals surface area (Å²) in [6.45, 7) is 6.19. The van der Waals surface area contributed by atoms with E-state index in [-0.39, 0.29) is 11.9 Å². The molecule has 0 bridgehead atoms. The lowest BCUT2D eigenvalue weighted by molar-refractivity contribution is -0.117. The molecule has 0 spiro atoms. The van der Waals surface area contributed by atoms with Crippen molar-refractivity contribution >= 4 is 11.6 Å². The maximum Gasteiger partial charge on any atom is 0.238 e. The second-order valence-corrected chi connectivity index (χ2v) is 5.10. The van der Waals surface area contributed by atoms with Crippen molar-refractivity contribution in [3.05, 3.63) is 29.3 Å². The van der Waals surface area contributed by atoms with Crippen molar-refractivity contribution in [3.8, 4) is 0 Å². The van der Waals surface area contributed by atoms with Crippen molar-refractivity contribution in [1.82, 2.24) is 4.90 Å². The van der Waals surface area contributed by atoms with Gasteiger partial charge in [0.05, 0.1) is 6.54 Å². The van der Waals surface area contributed by atoms with Crippen LogP contribution in [0, 0.1) is 13.8 Å².